The molecule has 0 atom stereocenters. The number of hydrogen-bond donors (Lipinski definition) is 1. The Morgan fingerprint density at radius 1 is 1.30 bits per heavy atom. The highest BCUT2D eigenvalue weighted by Crippen LogP contribution is 2.36. The van der Waals surface area contributed by atoms with Gasteiger partial charge in [0, 0.05) is 13.0 Å². The van der Waals surface area contributed by atoms with Gasteiger partial charge in [0.2, 0.25) is 11.8 Å². The van der Waals surface area contributed by atoms with Gasteiger partial charge in [-0.2, -0.15) is 5.26 Å². The summed E-state index contributed by atoms with van der Waals surface area (Å²) < 4.78 is 5.37. The standard InChI is InChI=1S/C20H22N4O3/c1-20(2)19(26)22-16-8-3-4-9-17(16)24(20)18(25)14-23(11-6-10-21)13-15-7-5-12-27-15/h3-5,7-9,12H,6,11,13-14H2,1-2H3,(H,22,26). The molecule has 27 heavy (non-hydrogen) atoms. The molecule has 0 spiro atoms. The van der Waals surface area contributed by atoms with Crippen molar-refractivity contribution in [3.05, 3.63) is 48.4 Å². The van der Waals surface area contributed by atoms with Crippen molar-refractivity contribution in [3.8, 4) is 6.07 Å². The van der Waals surface area contributed by atoms with E-state index in [0.29, 0.717) is 30.9 Å². The Bertz CT molecular complexity index is 868. The molecule has 1 N–H and O–H groups in total. The number of anilines is 2. The van der Waals surface area contributed by atoms with E-state index in [1.807, 2.05) is 29.2 Å². The van der Waals surface area contributed by atoms with Crippen molar-refractivity contribution in [2.24, 2.45) is 0 Å². The van der Waals surface area contributed by atoms with Crippen molar-refractivity contribution < 1.29 is 14.0 Å². The van der Waals surface area contributed by atoms with E-state index < -0.39 is 5.54 Å². The maximum atomic E-state index is 13.2. The summed E-state index contributed by atoms with van der Waals surface area (Å²) in [5.41, 5.74) is 0.270. The average Bonchev–Trinajstić information content (AvgIpc) is 3.13. The molecule has 1 aliphatic heterocycles. The number of fused-ring (bicyclic) bond motifs is 1. The first-order valence-corrected chi connectivity index (χ1v) is 8.78. The first kappa shape index (κ1) is 18.7. The number of carbonyl (C=O) groups excluding carboxylic acids is 2. The van der Waals surface area contributed by atoms with Crippen LogP contribution in [0, 0.1) is 11.3 Å². The van der Waals surface area contributed by atoms with Crippen molar-refractivity contribution >= 4 is 23.2 Å². The SMILES string of the molecule is CC1(C)C(=O)Nc2ccccc2N1C(=O)CN(CCC#N)Cc1ccco1. The molecule has 140 valence electrons. The highest BCUT2D eigenvalue weighted by molar-refractivity contribution is 6.14. The molecule has 2 aromatic rings. The van der Waals surface area contributed by atoms with Gasteiger partial charge in [-0.05, 0) is 38.1 Å². The zero-order chi connectivity index (χ0) is 19.4. The van der Waals surface area contributed by atoms with E-state index in [2.05, 4.69) is 11.4 Å². The highest BCUT2D eigenvalue weighted by Gasteiger charge is 2.43. The van der Waals surface area contributed by atoms with Crippen LogP contribution in [-0.4, -0.2) is 35.3 Å². The van der Waals surface area contributed by atoms with Crippen molar-refractivity contribution in [3.63, 3.8) is 0 Å². The minimum absolute atomic E-state index is 0.0768. The average molecular weight is 366 g/mol. The summed E-state index contributed by atoms with van der Waals surface area (Å²) in [5, 5.41) is 11.8. The van der Waals surface area contributed by atoms with Crippen LogP contribution in [0.2, 0.25) is 0 Å². The van der Waals surface area contributed by atoms with Crippen LogP contribution < -0.4 is 10.2 Å². The molecule has 0 fully saturated rings. The van der Waals surface area contributed by atoms with Crippen LogP contribution in [0.1, 0.15) is 26.0 Å². The lowest BCUT2D eigenvalue weighted by molar-refractivity contribution is -0.127. The summed E-state index contributed by atoms with van der Waals surface area (Å²) in [6.07, 6.45) is 1.88. The van der Waals surface area contributed by atoms with Crippen LogP contribution in [-0.2, 0) is 16.1 Å². The second-order valence-corrected chi connectivity index (χ2v) is 6.96. The number of nitrogens with zero attached hydrogens (tertiary/aromatic N) is 3. The van der Waals surface area contributed by atoms with Crippen LogP contribution in [0.5, 0.6) is 0 Å². The molecule has 1 aliphatic rings. The Morgan fingerprint density at radius 3 is 2.78 bits per heavy atom. The lowest BCUT2D eigenvalue weighted by Crippen LogP contribution is -2.60. The van der Waals surface area contributed by atoms with Gasteiger partial charge in [0.1, 0.15) is 11.3 Å². The summed E-state index contributed by atoms with van der Waals surface area (Å²) in [5.74, 6) is 0.285. The van der Waals surface area contributed by atoms with Gasteiger partial charge in [0.15, 0.2) is 0 Å². The predicted octanol–water partition coefficient (Wildman–Crippen LogP) is 2.76. The zero-order valence-corrected chi connectivity index (χ0v) is 15.4. The molecule has 1 aromatic carbocycles. The van der Waals surface area contributed by atoms with Gasteiger partial charge in [0.25, 0.3) is 0 Å². The monoisotopic (exact) mass is 366 g/mol. The summed E-state index contributed by atoms with van der Waals surface area (Å²) >= 11 is 0. The first-order chi connectivity index (χ1) is 12.9. The van der Waals surface area contributed by atoms with Crippen LogP contribution in [0.25, 0.3) is 0 Å². The maximum absolute atomic E-state index is 13.2. The number of hydrogen-bond acceptors (Lipinski definition) is 5. The predicted molar refractivity (Wildman–Crippen MR) is 101 cm³/mol. The van der Waals surface area contributed by atoms with Gasteiger partial charge >= 0.3 is 0 Å². The van der Waals surface area contributed by atoms with Crippen molar-refractivity contribution in [1.82, 2.24) is 4.90 Å². The van der Waals surface area contributed by atoms with E-state index in [0.717, 1.165) is 5.76 Å². The van der Waals surface area contributed by atoms with Gasteiger partial charge in [-0.1, -0.05) is 12.1 Å². The number of benzene rings is 1. The highest BCUT2D eigenvalue weighted by atomic mass is 16.3. The van der Waals surface area contributed by atoms with Gasteiger partial charge < -0.3 is 9.73 Å². The Balaban J connectivity index is 1.85. The number of para-hydroxylation sites is 2. The number of amides is 2. The Kier molecular flexibility index (Phi) is 5.28. The van der Waals surface area contributed by atoms with Crippen molar-refractivity contribution in [1.29, 1.82) is 5.26 Å². The Hall–Kier alpha value is -3.11. The van der Waals surface area contributed by atoms with E-state index in [4.69, 9.17) is 9.68 Å². The third-order valence-corrected chi connectivity index (χ3v) is 4.62. The molecule has 7 heteroatoms. The third-order valence-electron chi connectivity index (χ3n) is 4.62. The minimum atomic E-state index is -1.02. The molecule has 0 saturated carbocycles. The summed E-state index contributed by atoms with van der Waals surface area (Å²) in [6.45, 7) is 4.38. The topological polar surface area (TPSA) is 89.6 Å². The van der Waals surface area contributed by atoms with E-state index in [1.54, 1.807) is 37.1 Å². The molecule has 3 rings (SSSR count). The quantitative estimate of drug-likeness (QED) is 0.849. The summed E-state index contributed by atoms with van der Waals surface area (Å²) in [4.78, 5) is 29.1. The number of carbonyl (C=O) groups is 2. The molecule has 2 heterocycles. The number of rotatable bonds is 6. The second-order valence-electron chi connectivity index (χ2n) is 6.96. The van der Waals surface area contributed by atoms with Crippen LogP contribution in [0.15, 0.2) is 47.1 Å². The van der Waals surface area contributed by atoms with E-state index in [-0.39, 0.29) is 18.4 Å². The van der Waals surface area contributed by atoms with Crippen molar-refractivity contribution in [2.75, 3.05) is 23.3 Å². The molecule has 0 aliphatic carbocycles. The normalized spacial score (nSPS) is 15.2. The van der Waals surface area contributed by atoms with Gasteiger partial charge in [0.05, 0.1) is 36.8 Å². The molecule has 0 radical (unpaired) electrons. The lowest BCUT2D eigenvalue weighted by atomic mass is 9.96. The first-order valence-electron chi connectivity index (χ1n) is 8.78. The van der Waals surface area contributed by atoms with Crippen LogP contribution in [0.3, 0.4) is 0 Å². The molecular weight excluding hydrogens is 344 g/mol. The zero-order valence-electron chi connectivity index (χ0n) is 15.4. The molecule has 2 amide bonds. The van der Waals surface area contributed by atoms with Crippen molar-refractivity contribution in [2.45, 2.75) is 32.4 Å². The van der Waals surface area contributed by atoms with Crippen LogP contribution in [0.4, 0.5) is 11.4 Å². The lowest BCUT2D eigenvalue weighted by Gasteiger charge is -2.42. The number of nitrogens with one attached hydrogen (secondary N) is 1. The molecule has 1 aromatic heterocycles. The second kappa shape index (κ2) is 7.64. The fourth-order valence-corrected chi connectivity index (χ4v) is 3.21. The van der Waals surface area contributed by atoms with Gasteiger partial charge in [-0.15, -0.1) is 0 Å². The Morgan fingerprint density at radius 2 is 2.07 bits per heavy atom. The third kappa shape index (κ3) is 3.86. The smallest absolute Gasteiger partial charge is 0.250 e. The largest absolute Gasteiger partial charge is 0.468 e. The molecule has 0 saturated heterocycles. The summed E-state index contributed by atoms with van der Waals surface area (Å²) in [6, 6.07) is 13.0. The molecule has 7 nitrogen and oxygen atoms in total. The minimum Gasteiger partial charge on any atom is -0.468 e. The molecular formula is C20H22N4O3. The summed E-state index contributed by atoms with van der Waals surface area (Å²) in [7, 11) is 0. The van der Waals surface area contributed by atoms with Gasteiger partial charge in [-0.3, -0.25) is 19.4 Å². The van der Waals surface area contributed by atoms with Crippen LogP contribution >= 0.6 is 0 Å². The maximum Gasteiger partial charge on any atom is 0.250 e. The fourth-order valence-electron chi connectivity index (χ4n) is 3.21. The number of nitriles is 1. The Labute approximate surface area is 158 Å². The van der Waals surface area contributed by atoms with E-state index in [9.17, 15) is 9.59 Å². The van der Waals surface area contributed by atoms with Gasteiger partial charge in [-0.25, -0.2) is 0 Å². The van der Waals surface area contributed by atoms with E-state index >= 15 is 0 Å². The molecule has 0 bridgehead atoms. The molecule has 0 unspecified atom stereocenters. The van der Waals surface area contributed by atoms with E-state index in [1.165, 1.54) is 0 Å². The fraction of sp³-hybridized carbons (Fsp3) is 0.350. The number of furan rings is 1.